The number of halogens is 1. The summed E-state index contributed by atoms with van der Waals surface area (Å²) in [6.45, 7) is 3.39. The lowest BCUT2D eigenvalue weighted by Gasteiger charge is -2.34. The molecule has 0 aromatic heterocycles. The Morgan fingerprint density at radius 3 is 2.27 bits per heavy atom. The van der Waals surface area contributed by atoms with Crippen LogP contribution in [0.15, 0.2) is 30.3 Å². The minimum atomic E-state index is -0.126. The van der Waals surface area contributed by atoms with Crippen molar-refractivity contribution in [3.63, 3.8) is 0 Å². The molecule has 2 aliphatic rings. The van der Waals surface area contributed by atoms with Gasteiger partial charge in [0.15, 0.2) is 0 Å². The lowest BCUT2D eigenvalue weighted by atomic mass is 9.85. The van der Waals surface area contributed by atoms with Gasteiger partial charge in [-0.2, -0.15) is 0 Å². The predicted molar refractivity (Wildman–Crippen MR) is 88.9 cm³/mol. The average Bonchev–Trinajstić information content (AvgIpc) is 2.88. The molecule has 1 unspecified atom stereocenters. The normalized spacial score (nSPS) is 27.9. The fourth-order valence-corrected chi connectivity index (χ4v) is 3.25. The van der Waals surface area contributed by atoms with Crippen LogP contribution in [0.3, 0.4) is 0 Å². The zero-order valence-electron chi connectivity index (χ0n) is 13.1. The van der Waals surface area contributed by atoms with Gasteiger partial charge < -0.3 is 10.5 Å². The molecule has 1 aliphatic heterocycles. The average molecular weight is 325 g/mol. The maximum atomic E-state index is 11.5. The molecule has 5 heteroatoms. The van der Waals surface area contributed by atoms with Crippen molar-refractivity contribution in [1.29, 1.82) is 0 Å². The monoisotopic (exact) mass is 324 g/mol. The number of benzene rings is 1. The molecule has 2 fully saturated rings. The van der Waals surface area contributed by atoms with Crippen LogP contribution < -0.4 is 5.73 Å². The summed E-state index contributed by atoms with van der Waals surface area (Å²) in [6, 6.07) is 10.1. The van der Waals surface area contributed by atoms with Gasteiger partial charge in [-0.25, -0.2) is 4.79 Å². The number of nitrogens with zero attached hydrogens (tertiary/aromatic N) is 1. The number of cyclic esters (lactones) is 1. The Kier molecular flexibility index (Phi) is 6.52. The van der Waals surface area contributed by atoms with Gasteiger partial charge in [0.2, 0.25) is 0 Å². The molecule has 1 aromatic rings. The van der Waals surface area contributed by atoms with Crippen LogP contribution in [0.4, 0.5) is 4.79 Å². The number of rotatable bonds is 2. The van der Waals surface area contributed by atoms with Crippen LogP contribution in [0.1, 0.15) is 32.6 Å². The minimum Gasteiger partial charge on any atom is -0.447 e. The SMILES string of the molecule is CC1COC(=O)N1C1CCC(CN)CC1.Clc1ccccc1. The highest BCUT2D eigenvalue weighted by Crippen LogP contribution is 2.30. The summed E-state index contributed by atoms with van der Waals surface area (Å²) in [5, 5.41) is 0.794. The third kappa shape index (κ3) is 4.62. The van der Waals surface area contributed by atoms with Gasteiger partial charge in [-0.15, -0.1) is 0 Å². The molecule has 1 aromatic carbocycles. The molecule has 1 saturated carbocycles. The Balaban J connectivity index is 0.000000211. The Morgan fingerprint density at radius 2 is 1.86 bits per heavy atom. The van der Waals surface area contributed by atoms with E-state index in [1.165, 1.54) is 0 Å². The summed E-state index contributed by atoms with van der Waals surface area (Å²) in [5.74, 6) is 0.662. The lowest BCUT2D eigenvalue weighted by Crippen LogP contribution is -2.43. The number of hydrogen-bond acceptors (Lipinski definition) is 3. The number of hydrogen-bond donors (Lipinski definition) is 1. The number of carbonyl (C=O) groups is 1. The van der Waals surface area contributed by atoms with Gasteiger partial charge in [-0.05, 0) is 57.2 Å². The maximum absolute atomic E-state index is 11.5. The lowest BCUT2D eigenvalue weighted by molar-refractivity contribution is 0.126. The summed E-state index contributed by atoms with van der Waals surface area (Å²) in [7, 11) is 0. The van der Waals surface area contributed by atoms with Gasteiger partial charge in [-0.1, -0.05) is 29.8 Å². The van der Waals surface area contributed by atoms with E-state index in [1.54, 1.807) is 0 Å². The molecule has 122 valence electrons. The van der Waals surface area contributed by atoms with Gasteiger partial charge in [0.1, 0.15) is 6.61 Å². The van der Waals surface area contributed by atoms with Crippen molar-refractivity contribution >= 4 is 17.7 Å². The summed E-state index contributed by atoms with van der Waals surface area (Å²) < 4.78 is 5.05. The molecule has 0 spiro atoms. The molecule has 1 aliphatic carbocycles. The van der Waals surface area contributed by atoms with Crippen LogP contribution in [0, 0.1) is 5.92 Å². The smallest absolute Gasteiger partial charge is 0.410 e. The standard InChI is InChI=1S/C11H20N2O2.C6H5Cl/c1-8-7-15-11(14)13(8)10-4-2-9(6-12)3-5-10;7-6-4-2-1-3-5-6/h8-10H,2-7,12H2,1H3;1-5H. The fraction of sp³-hybridized carbons (Fsp3) is 0.588. The van der Waals surface area contributed by atoms with Crippen LogP contribution >= 0.6 is 11.6 Å². The summed E-state index contributed by atoms with van der Waals surface area (Å²) >= 11 is 5.54. The first-order valence-electron chi connectivity index (χ1n) is 7.97. The molecular weight excluding hydrogens is 300 g/mol. The molecule has 4 nitrogen and oxygen atoms in total. The van der Waals surface area contributed by atoms with Gasteiger partial charge in [0.05, 0.1) is 6.04 Å². The van der Waals surface area contributed by atoms with Crippen molar-refractivity contribution < 1.29 is 9.53 Å². The highest BCUT2D eigenvalue weighted by atomic mass is 35.5. The summed E-state index contributed by atoms with van der Waals surface area (Å²) in [4.78, 5) is 13.4. The predicted octanol–water partition coefficient (Wildman–Crippen LogP) is 3.68. The Bertz CT molecular complexity index is 461. The molecule has 0 radical (unpaired) electrons. The van der Waals surface area contributed by atoms with Crippen molar-refractivity contribution in [2.24, 2.45) is 11.7 Å². The fourth-order valence-electron chi connectivity index (χ4n) is 3.11. The number of ether oxygens (including phenoxy) is 1. The first-order valence-corrected chi connectivity index (χ1v) is 8.35. The molecule has 1 atom stereocenters. The third-order valence-corrected chi connectivity index (χ3v) is 4.66. The van der Waals surface area contributed by atoms with Gasteiger partial charge in [-0.3, -0.25) is 4.90 Å². The van der Waals surface area contributed by atoms with Crippen LogP contribution in [0.5, 0.6) is 0 Å². The van der Waals surface area contributed by atoms with Gasteiger partial charge >= 0.3 is 6.09 Å². The van der Waals surface area contributed by atoms with Crippen molar-refractivity contribution in [3.05, 3.63) is 35.4 Å². The van der Waals surface area contributed by atoms with E-state index in [2.05, 4.69) is 6.92 Å². The van der Waals surface area contributed by atoms with Crippen LogP contribution in [-0.4, -0.2) is 36.2 Å². The van der Waals surface area contributed by atoms with Crippen molar-refractivity contribution in [2.45, 2.75) is 44.7 Å². The second-order valence-corrected chi connectivity index (χ2v) is 6.48. The quantitative estimate of drug-likeness (QED) is 0.902. The van der Waals surface area contributed by atoms with Crippen molar-refractivity contribution in [3.8, 4) is 0 Å². The van der Waals surface area contributed by atoms with E-state index in [0.717, 1.165) is 37.3 Å². The Morgan fingerprint density at radius 1 is 1.23 bits per heavy atom. The van der Waals surface area contributed by atoms with E-state index >= 15 is 0 Å². The summed E-state index contributed by atoms with van der Waals surface area (Å²) in [5.41, 5.74) is 5.65. The van der Waals surface area contributed by atoms with E-state index in [1.807, 2.05) is 35.2 Å². The third-order valence-electron chi connectivity index (χ3n) is 4.41. The highest BCUT2D eigenvalue weighted by Gasteiger charge is 2.36. The zero-order valence-corrected chi connectivity index (χ0v) is 13.8. The van der Waals surface area contributed by atoms with E-state index in [4.69, 9.17) is 22.1 Å². The molecule has 1 heterocycles. The zero-order chi connectivity index (χ0) is 15.9. The molecule has 0 bridgehead atoms. The van der Waals surface area contributed by atoms with Crippen LogP contribution in [0.2, 0.25) is 5.02 Å². The van der Waals surface area contributed by atoms with Gasteiger partial charge in [0.25, 0.3) is 0 Å². The van der Waals surface area contributed by atoms with Crippen molar-refractivity contribution in [1.82, 2.24) is 4.90 Å². The molecular formula is C17H25ClN2O2. The summed E-state index contributed by atoms with van der Waals surface area (Å²) in [6.07, 6.45) is 4.34. The molecule has 1 saturated heterocycles. The number of carbonyl (C=O) groups excluding carboxylic acids is 1. The Labute approximate surface area is 137 Å². The first-order chi connectivity index (χ1) is 10.6. The van der Waals surface area contributed by atoms with E-state index in [0.29, 0.717) is 18.6 Å². The second-order valence-electron chi connectivity index (χ2n) is 6.04. The van der Waals surface area contributed by atoms with E-state index in [9.17, 15) is 4.79 Å². The highest BCUT2D eigenvalue weighted by molar-refractivity contribution is 6.30. The second kappa shape index (κ2) is 8.39. The van der Waals surface area contributed by atoms with Crippen LogP contribution in [0.25, 0.3) is 0 Å². The van der Waals surface area contributed by atoms with Gasteiger partial charge in [0, 0.05) is 11.1 Å². The first kappa shape index (κ1) is 17.1. The van der Waals surface area contributed by atoms with E-state index < -0.39 is 0 Å². The minimum absolute atomic E-state index is 0.126. The van der Waals surface area contributed by atoms with Crippen molar-refractivity contribution in [2.75, 3.05) is 13.2 Å². The Hall–Kier alpha value is -1.26. The van der Waals surface area contributed by atoms with Crippen LogP contribution in [-0.2, 0) is 4.74 Å². The maximum Gasteiger partial charge on any atom is 0.410 e. The largest absolute Gasteiger partial charge is 0.447 e. The van der Waals surface area contributed by atoms with E-state index in [-0.39, 0.29) is 12.1 Å². The number of nitrogens with two attached hydrogens (primary N) is 1. The molecule has 1 amide bonds. The molecule has 3 rings (SSSR count). The topological polar surface area (TPSA) is 55.6 Å². The number of amides is 1. The molecule has 22 heavy (non-hydrogen) atoms. The molecule has 2 N–H and O–H groups in total.